The number of carbonyl (C=O) groups is 2. The van der Waals surface area contributed by atoms with Gasteiger partial charge in [-0.3, -0.25) is 19.4 Å². The van der Waals surface area contributed by atoms with Crippen molar-refractivity contribution in [2.75, 3.05) is 51.3 Å². The number of aliphatic carboxylic acids is 2. The van der Waals surface area contributed by atoms with Gasteiger partial charge in [0.2, 0.25) is 0 Å². The molecule has 0 aromatic carbocycles. The molecular formula is C21H36N4O4S4. The molecule has 0 amide bonds. The van der Waals surface area contributed by atoms with Gasteiger partial charge in [-0.05, 0) is 31.1 Å². The summed E-state index contributed by atoms with van der Waals surface area (Å²) >= 11 is 14.6. The number of rotatable bonds is 14. The first-order chi connectivity index (χ1) is 15.6. The van der Waals surface area contributed by atoms with Crippen LogP contribution < -0.4 is 0 Å². The van der Waals surface area contributed by atoms with Crippen LogP contribution in [0.25, 0.3) is 0 Å². The lowest BCUT2D eigenvalue weighted by Crippen LogP contribution is -2.53. The monoisotopic (exact) mass is 536 g/mol. The third-order valence-corrected chi connectivity index (χ3v) is 8.69. The molecule has 0 aliphatic carbocycles. The maximum Gasteiger partial charge on any atom is 0.303 e. The molecule has 2 heterocycles. The predicted octanol–water partition coefficient (Wildman–Crippen LogP) is 3.62. The summed E-state index contributed by atoms with van der Waals surface area (Å²) in [7, 11) is 0. The molecule has 2 fully saturated rings. The van der Waals surface area contributed by atoms with Gasteiger partial charge in [-0.15, -0.1) is 0 Å². The number of nitrogens with zero attached hydrogens (tertiary/aromatic N) is 4. The van der Waals surface area contributed by atoms with E-state index < -0.39 is 11.9 Å². The van der Waals surface area contributed by atoms with Gasteiger partial charge in [0.1, 0.15) is 8.64 Å². The highest BCUT2D eigenvalue weighted by Crippen LogP contribution is 2.28. The molecule has 0 atom stereocenters. The molecule has 0 aromatic rings. The molecule has 0 spiro atoms. The summed E-state index contributed by atoms with van der Waals surface area (Å²) in [6.45, 7) is 9.44. The number of hydrogen-bond donors (Lipinski definition) is 2. The van der Waals surface area contributed by atoms with Crippen LogP contribution in [0.15, 0.2) is 0 Å². The molecular weight excluding hydrogens is 501 g/mol. The van der Waals surface area contributed by atoms with Gasteiger partial charge in [0.05, 0.1) is 25.1 Å². The van der Waals surface area contributed by atoms with E-state index >= 15 is 0 Å². The molecule has 12 heteroatoms. The van der Waals surface area contributed by atoms with Crippen LogP contribution >= 0.6 is 48.0 Å². The summed E-state index contributed by atoms with van der Waals surface area (Å²) < 4.78 is 1.83. The highest BCUT2D eigenvalue weighted by molar-refractivity contribution is 8.23. The van der Waals surface area contributed by atoms with E-state index in [-0.39, 0.29) is 18.3 Å². The normalized spacial score (nSPS) is 18.7. The van der Waals surface area contributed by atoms with Crippen LogP contribution in [0, 0.1) is 5.41 Å². The Morgan fingerprint density at radius 2 is 1.21 bits per heavy atom. The van der Waals surface area contributed by atoms with E-state index in [1.807, 2.05) is 0 Å². The molecule has 0 unspecified atom stereocenters. The van der Waals surface area contributed by atoms with E-state index in [1.165, 1.54) is 0 Å². The van der Waals surface area contributed by atoms with E-state index in [0.29, 0.717) is 12.8 Å². The maximum absolute atomic E-state index is 10.7. The van der Waals surface area contributed by atoms with E-state index in [1.54, 1.807) is 23.5 Å². The number of thiocarbonyl (C=S) groups is 2. The number of thioether (sulfide) groups is 2. The van der Waals surface area contributed by atoms with Crippen molar-refractivity contribution >= 4 is 68.5 Å². The average Bonchev–Trinajstić information content (AvgIpc) is 2.72. The number of hydrogen-bond acceptors (Lipinski definition) is 8. The van der Waals surface area contributed by atoms with Crippen LogP contribution in [0.3, 0.4) is 0 Å². The summed E-state index contributed by atoms with van der Waals surface area (Å²) in [6.07, 6.45) is 3.59. The van der Waals surface area contributed by atoms with Gasteiger partial charge in [0, 0.05) is 39.0 Å². The SMILES string of the molecule is CC(C)(CN1CN(CCCCC(=O)O)CSC1=S)CN1CN(CCCCC(=O)O)CSC1=S. The standard InChI is InChI=1S/C21H36N4O4S4/c1-21(2,11-24-13-22(15-32-19(24)30)9-5-3-7-17(26)27)12-25-14-23(16-33-20(25)31)10-6-4-8-18(28)29/h3-16H2,1-2H3,(H,26,27)(H,28,29). The third kappa shape index (κ3) is 11.1. The minimum atomic E-state index is -0.736. The Hall–Kier alpha value is -0.660. The van der Waals surface area contributed by atoms with E-state index in [0.717, 1.165) is 72.8 Å². The van der Waals surface area contributed by atoms with Gasteiger partial charge in [0.25, 0.3) is 0 Å². The Labute approximate surface area is 216 Å². The maximum atomic E-state index is 10.7. The topological polar surface area (TPSA) is 87.6 Å². The number of carboxylic acids is 2. The first kappa shape index (κ1) is 28.6. The lowest BCUT2D eigenvalue weighted by atomic mass is 9.92. The Bertz CT molecular complexity index is 654. The molecule has 0 saturated carbocycles. The third-order valence-electron chi connectivity index (χ3n) is 5.47. The molecule has 2 aliphatic rings. The van der Waals surface area contributed by atoms with E-state index in [9.17, 15) is 9.59 Å². The smallest absolute Gasteiger partial charge is 0.303 e. The van der Waals surface area contributed by atoms with Crippen LogP contribution in [-0.2, 0) is 9.59 Å². The lowest BCUT2D eigenvalue weighted by molar-refractivity contribution is -0.138. The van der Waals surface area contributed by atoms with Gasteiger partial charge in [-0.25, -0.2) is 0 Å². The summed E-state index contributed by atoms with van der Waals surface area (Å²) in [4.78, 5) is 30.6. The van der Waals surface area contributed by atoms with Crippen molar-refractivity contribution in [2.45, 2.75) is 52.4 Å². The zero-order chi connectivity index (χ0) is 24.4. The van der Waals surface area contributed by atoms with Crippen molar-refractivity contribution in [1.82, 2.24) is 19.6 Å². The molecule has 8 nitrogen and oxygen atoms in total. The zero-order valence-corrected chi connectivity index (χ0v) is 22.8. The van der Waals surface area contributed by atoms with Crippen LogP contribution in [0.4, 0.5) is 0 Å². The molecule has 2 aliphatic heterocycles. The molecule has 0 aromatic heterocycles. The van der Waals surface area contributed by atoms with Gasteiger partial charge in [-0.2, -0.15) is 0 Å². The van der Waals surface area contributed by atoms with Crippen molar-refractivity contribution in [1.29, 1.82) is 0 Å². The summed E-state index contributed by atoms with van der Waals surface area (Å²) in [6, 6.07) is 0. The largest absolute Gasteiger partial charge is 0.481 e. The Kier molecular flexibility index (Phi) is 12.2. The van der Waals surface area contributed by atoms with Crippen LogP contribution in [-0.4, -0.2) is 102 Å². The van der Waals surface area contributed by atoms with Crippen molar-refractivity contribution in [3.05, 3.63) is 0 Å². The Morgan fingerprint density at radius 3 is 1.58 bits per heavy atom. The Balaban J connectivity index is 1.82. The number of carboxylic acid groups (broad SMARTS) is 2. The van der Waals surface area contributed by atoms with Crippen molar-refractivity contribution in [3.8, 4) is 0 Å². The van der Waals surface area contributed by atoms with Gasteiger partial charge in [0.15, 0.2) is 0 Å². The van der Waals surface area contributed by atoms with Gasteiger partial charge < -0.3 is 20.0 Å². The predicted molar refractivity (Wildman–Crippen MR) is 143 cm³/mol. The summed E-state index contributed by atoms with van der Waals surface area (Å²) in [5.74, 6) is 0.236. The van der Waals surface area contributed by atoms with Crippen LogP contribution in [0.5, 0.6) is 0 Å². The van der Waals surface area contributed by atoms with Gasteiger partial charge >= 0.3 is 11.9 Å². The summed E-state index contributed by atoms with van der Waals surface area (Å²) in [5.41, 5.74) is -0.0339. The average molecular weight is 537 g/mol. The minimum absolute atomic E-state index is 0.0339. The molecule has 188 valence electrons. The van der Waals surface area contributed by atoms with Crippen molar-refractivity contribution in [3.63, 3.8) is 0 Å². The second-order valence-corrected chi connectivity index (χ2v) is 12.6. The first-order valence-electron chi connectivity index (χ1n) is 11.3. The lowest BCUT2D eigenvalue weighted by Gasteiger charge is -2.44. The highest BCUT2D eigenvalue weighted by Gasteiger charge is 2.32. The fourth-order valence-corrected chi connectivity index (χ4v) is 6.14. The molecule has 2 N–H and O–H groups in total. The molecule has 33 heavy (non-hydrogen) atoms. The quantitative estimate of drug-likeness (QED) is 0.251. The number of unbranched alkanes of at least 4 members (excludes halogenated alkanes) is 2. The molecule has 0 radical (unpaired) electrons. The van der Waals surface area contributed by atoms with Crippen molar-refractivity contribution < 1.29 is 19.8 Å². The zero-order valence-electron chi connectivity index (χ0n) is 19.5. The van der Waals surface area contributed by atoms with Crippen LogP contribution in [0.1, 0.15) is 52.4 Å². The second kappa shape index (κ2) is 14.0. The highest BCUT2D eigenvalue weighted by atomic mass is 32.2. The summed E-state index contributed by atoms with van der Waals surface area (Å²) in [5, 5.41) is 17.6. The van der Waals surface area contributed by atoms with Crippen LogP contribution in [0.2, 0.25) is 0 Å². The van der Waals surface area contributed by atoms with Crippen molar-refractivity contribution in [2.24, 2.45) is 5.41 Å². The fourth-order valence-electron chi connectivity index (χ4n) is 3.96. The first-order valence-corrected chi connectivity index (χ1v) is 14.1. The van der Waals surface area contributed by atoms with E-state index in [2.05, 4.69) is 33.4 Å². The van der Waals surface area contributed by atoms with Gasteiger partial charge in [-0.1, -0.05) is 61.8 Å². The minimum Gasteiger partial charge on any atom is -0.481 e. The molecule has 2 rings (SSSR count). The Morgan fingerprint density at radius 1 is 0.818 bits per heavy atom. The molecule has 0 bridgehead atoms. The second-order valence-electron chi connectivity index (χ2n) is 9.41. The molecule has 2 saturated heterocycles. The van der Waals surface area contributed by atoms with E-state index in [4.69, 9.17) is 34.6 Å². The fraction of sp³-hybridized carbons (Fsp3) is 0.810.